The summed E-state index contributed by atoms with van der Waals surface area (Å²) in [6.45, 7) is 0.728. The van der Waals surface area contributed by atoms with E-state index in [0.717, 1.165) is 0 Å². The first-order valence-electron chi connectivity index (χ1n) is 16.5. The van der Waals surface area contributed by atoms with Gasteiger partial charge in [0.05, 0.1) is 32.9 Å². The smallest absolute Gasteiger partial charge is 0.319 e. The minimum atomic E-state index is -2.44. The highest BCUT2D eigenvalue weighted by atomic mass is 19.1. The predicted molar refractivity (Wildman–Crippen MR) is 163 cm³/mol. The molecular formula is C33H34F4N6O2. The average molecular weight is 625 g/mol. The molecular weight excluding hydrogens is 588 g/mol. The summed E-state index contributed by atoms with van der Waals surface area (Å²) in [5.41, 5.74) is 5.57. The van der Waals surface area contributed by atoms with E-state index in [1.807, 2.05) is 0 Å². The Kier molecular flexibility index (Phi) is 6.26. The molecule has 0 unspecified atom stereocenters. The molecule has 1 saturated carbocycles. The molecule has 0 bridgehead atoms. The van der Waals surface area contributed by atoms with E-state index in [2.05, 4.69) is 15.0 Å². The molecule has 4 aromatic rings. The van der Waals surface area contributed by atoms with E-state index in [4.69, 9.17) is 17.9 Å². The number of pyridine rings is 1. The van der Waals surface area contributed by atoms with Crippen LogP contribution in [-0.2, 0) is 11.2 Å². The second kappa shape index (κ2) is 10.7. The molecule has 3 aliphatic heterocycles. The number of anilines is 2. The van der Waals surface area contributed by atoms with E-state index in [9.17, 15) is 13.2 Å². The standard InChI is InChI=1S/C33H34F4N6O2/c1-2-20-24(35)5-4-17-10-19(38)11-21(25(17)20)28-27(37)29-22(13-39-28)31(43-8-9-44-15-23-26(36)30(23)43)41-32(40-29)45-16-33-6-3-7-42(33)14-18(34)12-33/h4-5,10-11,13,18,23,26,30H,2-3,6-9,12,14-16,38H2,1H3/t18-,23+,26+,30+,33+/m1/s1/i16D2. The number of aryl methyl sites for hydroxylation is 1. The molecule has 236 valence electrons. The SMILES string of the molecule is [2H]C([2H])(Oc1nc(N2CCOC[C@H]3[C@H](F)[C@H]32)c2cnc(-c3cc(N)cc4ccc(F)c(CC)c34)c(F)c2n1)[C@@]12CCCN1C[C@H](F)C2. The third kappa shape index (κ3) is 4.59. The minimum absolute atomic E-state index is 0.0571. The van der Waals surface area contributed by atoms with Crippen molar-refractivity contribution in [1.82, 2.24) is 19.9 Å². The highest BCUT2D eigenvalue weighted by Crippen LogP contribution is 2.46. The third-order valence-electron chi connectivity index (χ3n) is 9.83. The number of ether oxygens (including phenoxy) is 2. The summed E-state index contributed by atoms with van der Waals surface area (Å²) in [6.07, 6.45) is 0.297. The van der Waals surface area contributed by atoms with E-state index >= 15 is 4.39 Å². The second-order valence-electron chi connectivity index (χ2n) is 12.5. The lowest BCUT2D eigenvalue weighted by atomic mass is 9.94. The van der Waals surface area contributed by atoms with E-state index in [1.54, 1.807) is 28.9 Å². The number of alkyl halides is 2. The number of halogens is 4. The molecule has 1 aliphatic carbocycles. The molecule has 4 fully saturated rings. The fourth-order valence-corrected chi connectivity index (χ4v) is 7.63. The van der Waals surface area contributed by atoms with Crippen molar-refractivity contribution in [2.24, 2.45) is 5.92 Å². The zero-order chi connectivity index (χ0) is 32.8. The van der Waals surface area contributed by atoms with Gasteiger partial charge in [-0.3, -0.25) is 9.88 Å². The number of rotatable bonds is 6. The van der Waals surface area contributed by atoms with Crippen molar-refractivity contribution in [3.05, 3.63) is 47.7 Å². The third-order valence-corrected chi connectivity index (χ3v) is 9.83. The van der Waals surface area contributed by atoms with Crippen LogP contribution in [0.1, 0.15) is 34.5 Å². The number of aromatic nitrogens is 3. The molecule has 8 nitrogen and oxygen atoms in total. The minimum Gasteiger partial charge on any atom is -0.461 e. The molecule has 2 aromatic carbocycles. The molecule has 4 aliphatic rings. The molecule has 5 heterocycles. The van der Waals surface area contributed by atoms with Gasteiger partial charge >= 0.3 is 6.01 Å². The highest BCUT2D eigenvalue weighted by molar-refractivity contribution is 6.02. The second-order valence-corrected chi connectivity index (χ2v) is 12.5. The van der Waals surface area contributed by atoms with Gasteiger partial charge in [-0.25, -0.2) is 17.6 Å². The lowest BCUT2D eigenvalue weighted by Crippen LogP contribution is -2.43. The molecule has 2 N–H and O–H groups in total. The maximum atomic E-state index is 16.9. The van der Waals surface area contributed by atoms with Crippen LogP contribution in [0.5, 0.6) is 6.01 Å². The van der Waals surface area contributed by atoms with Crippen molar-refractivity contribution >= 4 is 33.2 Å². The van der Waals surface area contributed by atoms with Crippen LogP contribution in [0.15, 0.2) is 30.5 Å². The number of nitrogens with zero attached hydrogens (tertiary/aromatic N) is 5. The van der Waals surface area contributed by atoms with Crippen LogP contribution >= 0.6 is 0 Å². The van der Waals surface area contributed by atoms with Gasteiger partial charge in [0.15, 0.2) is 5.82 Å². The van der Waals surface area contributed by atoms with E-state index in [0.29, 0.717) is 47.8 Å². The largest absolute Gasteiger partial charge is 0.461 e. The summed E-state index contributed by atoms with van der Waals surface area (Å²) < 4.78 is 91.1. The summed E-state index contributed by atoms with van der Waals surface area (Å²) >= 11 is 0. The van der Waals surface area contributed by atoms with Crippen molar-refractivity contribution in [2.75, 3.05) is 50.0 Å². The number of nitrogens with two attached hydrogens (primary N) is 1. The molecule has 0 amide bonds. The zero-order valence-electron chi connectivity index (χ0n) is 26.7. The Morgan fingerprint density at radius 3 is 2.91 bits per heavy atom. The average Bonchev–Trinajstić information content (AvgIpc) is 3.39. The van der Waals surface area contributed by atoms with Gasteiger partial charge in [0.1, 0.15) is 41.7 Å². The lowest BCUT2D eigenvalue weighted by molar-refractivity contribution is 0.107. The quantitative estimate of drug-likeness (QED) is 0.226. The molecule has 2 aromatic heterocycles. The van der Waals surface area contributed by atoms with Gasteiger partial charge in [0.25, 0.3) is 0 Å². The molecule has 3 saturated heterocycles. The molecule has 0 spiro atoms. The van der Waals surface area contributed by atoms with Crippen LogP contribution < -0.4 is 15.4 Å². The molecule has 0 radical (unpaired) electrons. The Labute approximate surface area is 260 Å². The molecule has 12 heteroatoms. The summed E-state index contributed by atoms with van der Waals surface area (Å²) in [7, 11) is 0. The first kappa shape index (κ1) is 26.4. The Hall–Kier alpha value is -3.77. The van der Waals surface area contributed by atoms with Gasteiger partial charge < -0.3 is 20.1 Å². The maximum Gasteiger partial charge on any atom is 0.319 e. The van der Waals surface area contributed by atoms with E-state index < -0.39 is 54.0 Å². The van der Waals surface area contributed by atoms with Crippen molar-refractivity contribution in [2.45, 2.75) is 56.5 Å². The van der Waals surface area contributed by atoms with Gasteiger partial charge in [-0.2, -0.15) is 9.97 Å². The monoisotopic (exact) mass is 624 g/mol. The molecule has 5 atom stereocenters. The normalized spacial score (nSPS) is 29.0. The van der Waals surface area contributed by atoms with Gasteiger partial charge in [-0.1, -0.05) is 13.0 Å². The number of hydrogen-bond acceptors (Lipinski definition) is 8. The van der Waals surface area contributed by atoms with Gasteiger partial charge in [0, 0.05) is 42.9 Å². The topological polar surface area (TPSA) is 89.6 Å². The Morgan fingerprint density at radius 1 is 1.20 bits per heavy atom. The zero-order valence-corrected chi connectivity index (χ0v) is 24.7. The fraction of sp³-hybridized carbons (Fsp3) is 0.485. The molecule has 8 rings (SSSR count). The van der Waals surface area contributed by atoms with Gasteiger partial charge in [-0.15, -0.1) is 0 Å². The Bertz CT molecular complexity index is 1920. The summed E-state index contributed by atoms with van der Waals surface area (Å²) in [4.78, 5) is 16.9. The Morgan fingerprint density at radius 2 is 2.07 bits per heavy atom. The highest BCUT2D eigenvalue weighted by Gasteiger charge is 2.56. The number of benzene rings is 2. The van der Waals surface area contributed by atoms with E-state index in [-0.39, 0.29) is 60.7 Å². The first-order chi connectivity index (χ1) is 22.5. The van der Waals surface area contributed by atoms with Crippen LogP contribution in [0.3, 0.4) is 0 Å². The van der Waals surface area contributed by atoms with Crippen molar-refractivity contribution in [3.63, 3.8) is 0 Å². The lowest BCUT2D eigenvalue weighted by Gasteiger charge is -2.31. The van der Waals surface area contributed by atoms with Crippen LogP contribution in [0.2, 0.25) is 0 Å². The number of nitrogen functional groups attached to an aromatic ring is 1. The summed E-state index contributed by atoms with van der Waals surface area (Å²) in [5.74, 6) is -1.59. The number of hydrogen-bond donors (Lipinski definition) is 1. The molecule has 45 heavy (non-hydrogen) atoms. The van der Waals surface area contributed by atoms with Crippen LogP contribution in [0, 0.1) is 17.6 Å². The number of fused-ring (bicyclic) bond motifs is 4. The van der Waals surface area contributed by atoms with Crippen molar-refractivity contribution in [3.8, 4) is 17.3 Å². The summed E-state index contributed by atoms with van der Waals surface area (Å²) in [6, 6.07) is 5.10. The Balaban J connectivity index is 1.32. The first-order valence-corrected chi connectivity index (χ1v) is 15.5. The van der Waals surface area contributed by atoms with Crippen LogP contribution in [-0.4, -0.2) is 83.2 Å². The van der Waals surface area contributed by atoms with Gasteiger partial charge in [-0.05, 0) is 60.3 Å². The van der Waals surface area contributed by atoms with Crippen LogP contribution in [0.4, 0.5) is 29.1 Å². The predicted octanol–water partition coefficient (Wildman–Crippen LogP) is 5.40. The maximum absolute atomic E-state index is 16.9. The summed E-state index contributed by atoms with van der Waals surface area (Å²) in [5, 5.41) is 1.24. The van der Waals surface area contributed by atoms with Crippen molar-refractivity contribution < 1.29 is 29.8 Å². The van der Waals surface area contributed by atoms with E-state index in [1.165, 1.54) is 18.3 Å². The van der Waals surface area contributed by atoms with Crippen molar-refractivity contribution in [1.29, 1.82) is 0 Å². The fourth-order valence-electron chi connectivity index (χ4n) is 7.63. The van der Waals surface area contributed by atoms with Gasteiger partial charge in [0.2, 0.25) is 0 Å². The van der Waals surface area contributed by atoms with Crippen LogP contribution in [0.25, 0.3) is 32.9 Å².